The van der Waals surface area contributed by atoms with Crippen LogP contribution in [-0.4, -0.2) is 24.4 Å². The van der Waals surface area contributed by atoms with Crippen molar-refractivity contribution in [2.45, 2.75) is 12.5 Å². The van der Waals surface area contributed by atoms with E-state index in [4.69, 9.17) is 5.73 Å². The van der Waals surface area contributed by atoms with Gasteiger partial charge in [-0.1, -0.05) is 0 Å². The topological polar surface area (TPSA) is 72.2 Å². The second kappa shape index (κ2) is 2.64. The number of hydrogen-bond acceptors (Lipinski definition) is 3. The first-order chi connectivity index (χ1) is 4.75. The summed E-state index contributed by atoms with van der Waals surface area (Å²) in [6.45, 7) is 0.637. The molecular formula is C6H8N2O2. The Kier molecular flexibility index (Phi) is 1.85. The fourth-order valence-corrected chi connectivity index (χ4v) is 1.00. The van der Waals surface area contributed by atoms with Crippen LogP contribution in [0.3, 0.4) is 0 Å². The normalized spacial score (nSPS) is 24.4. The van der Waals surface area contributed by atoms with E-state index >= 15 is 0 Å². The van der Waals surface area contributed by atoms with Gasteiger partial charge in [-0.25, -0.2) is 4.79 Å². The molecule has 0 aromatic heterocycles. The third kappa shape index (κ3) is 1.07. The lowest BCUT2D eigenvalue weighted by atomic mass is 10.1. The van der Waals surface area contributed by atoms with Crippen LogP contribution in [0.25, 0.3) is 0 Å². The van der Waals surface area contributed by atoms with Crippen molar-refractivity contribution in [3.05, 3.63) is 5.57 Å². The van der Waals surface area contributed by atoms with E-state index in [0.29, 0.717) is 18.5 Å². The Balaban J connectivity index is 2.78. The predicted molar refractivity (Wildman–Crippen MR) is 34.8 cm³/mol. The van der Waals surface area contributed by atoms with Crippen LogP contribution in [0.5, 0.6) is 0 Å². The lowest BCUT2D eigenvalue weighted by Gasteiger charge is -2.02. The van der Waals surface area contributed by atoms with E-state index in [9.17, 15) is 9.59 Å². The van der Waals surface area contributed by atoms with Crippen LogP contribution >= 0.6 is 0 Å². The van der Waals surface area contributed by atoms with Crippen molar-refractivity contribution in [2.24, 2.45) is 5.73 Å². The SMILES string of the molecule is NC(=O)[C@H]1NCCC1=C=O. The van der Waals surface area contributed by atoms with E-state index in [-0.39, 0.29) is 0 Å². The first-order valence-electron chi connectivity index (χ1n) is 3.02. The predicted octanol–water partition coefficient (Wildman–Crippen LogP) is -1.41. The third-order valence-electron chi connectivity index (χ3n) is 1.51. The molecule has 10 heavy (non-hydrogen) atoms. The van der Waals surface area contributed by atoms with Gasteiger partial charge < -0.3 is 11.1 Å². The van der Waals surface area contributed by atoms with E-state index in [1.807, 2.05) is 0 Å². The average molecular weight is 140 g/mol. The Bertz CT molecular complexity index is 206. The minimum atomic E-state index is -0.572. The molecular weight excluding hydrogens is 132 g/mol. The molecule has 1 rings (SSSR count). The molecule has 1 atom stereocenters. The lowest BCUT2D eigenvalue weighted by Crippen LogP contribution is -2.37. The van der Waals surface area contributed by atoms with E-state index in [1.165, 1.54) is 0 Å². The van der Waals surface area contributed by atoms with Gasteiger partial charge in [0.1, 0.15) is 12.0 Å². The summed E-state index contributed by atoms with van der Waals surface area (Å²) in [6, 6.07) is -0.572. The van der Waals surface area contributed by atoms with Crippen molar-refractivity contribution in [3.8, 4) is 0 Å². The molecule has 4 heteroatoms. The quantitative estimate of drug-likeness (QED) is 0.439. The number of nitrogens with one attached hydrogen (secondary N) is 1. The first-order valence-corrected chi connectivity index (χ1v) is 3.02. The Morgan fingerprint density at radius 2 is 2.50 bits per heavy atom. The molecule has 0 aromatic carbocycles. The molecule has 1 aliphatic heterocycles. The minimum Gasteiger partial charge on any atom is -0.368 e. The maximum atomic E-state index is 10.5. The average Bonchev–Trinajstić information content (AvgIpc) is 2.33. The standard InChI is InChI=1S/C6H8N2O2/c7-6(10)5-4(3-9)1-2-8-5/h5,8H,1-2H2,(H2,7,10)/t5-/m0/s1. The molecule has 4 nitrogen and oxygen atoms in total. The Morgan fingerprint density at radius 1 is 1.80 bits per heavy atom. The highest BCUT2D eigenvalue weighted by Crippen LogP contribution is 2.09. The molecule has 0 aliphatic carbocycles. The fraction of sp³-hybridized carbons (Fsp3) is 0.500. The molecule has 54 valence electrons. The van der Waals surface area contributed by atoms with Crippen LogP contribution in [0.4, 0.5) is 0 Å². The van der Waals surface area contributed by atoms with Crippen molar-refractivity contribution in [2.75, 3.05) is 6.54 Å². The zero-order valence-electron chi connectivity index (χ0n) is 5.39. The first kappa shape index (κ1) is 6.99. The van der Waals surface area contributed by atoms with E-state index in [0.717, 1.165) is 0 Å². The number of nitrogens with two attached hydrogens (primary N) is 1. The second-order valence-electron chi connectivity index (χ2n) is 2.17. The van der Waals surface area contributed by atoms with Crippen LogP contribution in [0.1, 0.15) is 6.42 Å². The van der Waals surface area contributed by atoms with E-state index in [2.05, 4.69) is 5.32 Å². The molecule has 0 radical (unpaired) electrons. The van der Waals surface area contributed by atoms with Crippen molar-refractivity contribution >= 4 is 11.8 Å². The zero-order valence-corrected chi connectivity index (χ0v) is 5.39. The molecule has 0 unspecified atom stereocenters. The number of amides is 1. The number of hydrogen-bond donors (Lipinski definition) is 2. The summed E-state index contributed by atoms with van der Waals surface area (Å²) in [4.78, 5) is 20.6. The van der Waals surface area contributed by atoms with Gasteiger partial charge in [-0.3, -0.25) is 4.79 Å². The molecule has 0 saturated carbocycles. The number of rotatable bonds is 1. The molecule has 0 bridgehead atoms. The lowest BCUT2D eigenvalue weighted by molar-refractivity contribution is -0.118. The molecule has 1 heterocycles. The van der Waals surface area contributed by atoms with Crippen molar-refractivity contribution in [1.29, 1.82) is 0 Å². The van der Waals surface area contributed by atoms with Crippen molar-refractivity contribution in [3.63, 3.8) is 0 Å². The van der Waals surface area contributed by atoms with Crippen LogP contribution in [0.2, 0.25) is 0 Å². The Morgan fingerprint density at radius 3 is 2.90 bits per heavy atom. The van der Waals surface area contributed by atoms with Gasteiger partial charge >= 0.3 is 0 Å². The summed E-state index contributed by atoms with van der Waals surface area (Å²) in [7, 11) is 0. The molecule has 0 spiro atoms. The van der Waals surface area contributed by atoms with Gasteiger partial charge in [-0.15, -0.1) is 0 Å². The maximum absolute atomic E-state index is 10.5. The smallest absolute Gasteiger partial charge is 0.239 e. The highest BCUT2D eigenvalue weighted by atomic mass is 16.1. The number of primary amides is 1. The molecule has 1 aliphatic rings. The van der Waals surface area contributed by atoms with Gasteiger partial charge in [0.15, 0.2) is 0 Å². The molecule has 0 aromatic rings. The van der Waals surface area contributed by atoms with Crippen LogP contribution in [0.15, 0.2) is 5.57 Å². The highest BCUT2D eigenvalue weighted by Gasteiger charge is 2.25. The minimum absolute atomic E-state index is 0.438. The van der Waals surface area contributed by atoms with Gasteiger partial charge in [-0.2, -0.15) is 0 Å². The number of carbonyl (C=O) groups is 1. The Labute approximate surface area is 58.1 Å². The summed E-state index contributed by atoms with van der Waals surface area (Å²) in [5.74, 6) is 1.19. The molecule has 1 fully saturated rings. The van der Waals surface area contributed by atoms with Crippen LogP contribution in [0, 0.1) is 0 Å². The van der Waals surface area contributed by atoms with E-state index in [1.54, 1.807) is 5.94 Å². The summed E-state index contributed by atoms with van der Waals surface area (Å²) in [5, 5.41) is 2.78. The summed E-state index contributed by atoms with van der Waals surface area (Å²) in [5.41, 5.74) is 5.40. The Hall–Kier alpha value is -1.12. The molecule has 1 saturated heterocycles. The zero-order chi connectivity index (χ0) is 7.56. The van der Waals surface area contributed by atoms with Gasteiger partial charge in [0.05, 0.1) is 0 Å². The maximum Gasteiger partial charge on any atom is 0.239 e. The highest BCUT2D eigenvalue weighted by molar-refractivity contribution is 5.86. The van der Waals surface area contributed by atoms with E-state index < -0.39 is 11.9 Å². The van der Waals surface area contributed by atoms with Crippen molar-refractivity contribution < 1.29 is 9.59 Å². The van der Waals surface area contributed by atoms with Crippen LogP contribution < -0.4 is 11.1 Å². The second-order valence-corrected chi connectivity index (χ2v) is 2.17. The van der Waals surface area contributed by atoms with Gasteiger partial charge in [0.2, 0.25) is 5.91 Å². The fourth-order valence-electron chi connectivity index (χ4n) is 1.00. The third-order valence-corrected chi connectivity index (χ3v) is 1.51. The largest absolute Gasteiger partial charge is 0.368 e. The summed E-state index contributed by atoms with van der Waals surface area (Å²) < 4.78 is 0. The molecule has 1 amide bonds. The van der Waals surface area contributed by atoms with Gasteiger partial charge in [-0.05, 0) is 6.42 Å². The van der Waals surface area contributed by atoms with Crippen molar-refractivity contribution in [1.82, 2.24) is 5.32 Å². The summed E-state index contributed by atoms with van der Waals surface area (Å²) >= 11 is 0. The monoisotopic (exact) mass is 140 g/mol. The van der Waals surface area contributed by atoms with Crippen LogP contribution in [-0.2, 0) is 9.59 Å². The van der Waals surface area contributed by atoms with Gasteiger partial charge in [0.25, 0.3) is 0 Å². The molecule has 3 N–H and O–H groups in total. The number of carbonyl (C=O) groups excluding carboxylic acids is 2. The van der Waals surface area contributed by atoms with Gasteiger partial charge in [0, 0.05) is 12.1 Å². The summed E-state index contributed by atoms with van der Waals surface area (Å²) in [6.07, 6.45) is 0.580.